The number of carboxylic acids is 1. The van der Waals surface area contributed by atoms with Gasteiger partial charge in [0.2, 0.25) is 10.0 Å². The minimum absolute atomic E-state index is 0.170. The van der Waals surface area contributed by atoms with E-state index < -0.39 is 32.3 Å². The summed E-state index contributed by atoms with van der Waals surface area (Å²) in [6.45, 7) is 2.33. The van der Waals surface area contributed by atoms with Gasteiger partial charge in [0.05, 0.1) is 10.5 Å². The molecule has 1 heterocycles. The fourth-order valence-electron chi connectivity index (χ4n) is 2.00. The van der Waals surface area contributed by atoms with Crippen LogP contribution in [0.15, 0.2) is 34.7 Å². The van der Waals surface area contributed by atoms with Crippen LogP contribution in [0.4, 0.5) is 4.39 Å². The SMILES string of the molecule is CC1=CCN(S(=O)(=O)c2cc(F)ccc2C(=O)O)CC1. The van der Waals surface area contributed by atoms with E-state index in [2.05, 4.69) is 0 Å². The number of rotatable bonds is 3. The molecule has 1 aliphatic heterocycles. The van der Waals surface area contributed by atoms with Gasteiger partial charge in [0.15, 0.2) is 0 Å². The Kier molecular flexibility index (Phi) is 3.92. The first-order valence-electron chi connectivity index (χ1n) is 6.01. The standard InChI is InChI=1S/C13H14FNO4S/c1-9-4-6-15(7-5-9)20(18,19)12-8-10(14)2-3-11(12)13(16)17/h2-4,8H,5-7H2,1H3,(H,16,17). The Morgan fingerprint density at radius 1 is 1.40 bits per heavy atom. The molecule has 0 spiro atoms. The summed E-state index contributed by atoms with van der Waals surface area (Å²) in [7, 11) is -4.02. The predicted octanol–water partition coefficient (Wildman–Crippen LogP) is 1.86. The highest BCUT2D eigenvalue weighted by molar-refractivity contribution is 7.89. The van der Waals surface area contributed by atoms with Crippen LogP contribution in [0, 0.1) is 5.82 Å². The van der Waals surface area contributed by atoms with Crippen LogP contribution in [0.2, 0.25) is 0 Å². The van der Waals surface area contributed by atoms with E-state index in [-0.39, 0.29) is 13.1 Å². The third-order valence-electron chi connectivity index (χ3n) is 3.19. The molecule has 1 aromatic carbocycles. The van der Waals surface area contributed by atoms with Crippen LogP contribution in [0.5, 0.6) is 0 Å². The summed E-state index contributed by atoms with van der Waals surface area (Å²) in [4.78, 5) is 10.6. The minimum atomic E-state index is -4.02. The van der Waals surface area contributed by atoms with E-state index in [4.69, 9.17) is 5.11 Å². The summed E-state index contributed by atoms with van der Waals surface area (Å²) in [5.74, 6) is -2.18. The number of carbonyl (C=O) groups is 1. The molecular weight excluding hydrogens is 285 g/mol. The van der Waals surface area contributed by atoms with Crippen molar-refractivity contribution in [2.45, 2.75) is 18.2 Å². The Morgan fingerprint density at radius 3 is 2.65 bits per heavy atom. The largest absolute Gasteiger partial charge is 0.478 e. The van der Waals surface area contributed by atoms with Crippen LogP contribution in [0.3, 0.4) is 0 Å². The highest BCUT2D eigenvalue weighted by Crippen LogP contribution is 2.24. The number of carboxylic acid groups (broad SMARTS) is 1. The lowest BCUT2D eigenvalue weighted by molar-refractivity contribution is 0.0692. The molecule has 0 aliphatic carbocycles. The second-order valence-corrected chi connectivity index (χ2v) is 6.52. The molecule has 0 aromatic heterocycles. The van der Waals surface area contributed by atoms with Gasteiger partial charge in [0.1, 0.15) is 5.82 Å². The normalized spacial score (nSPS) is 16.8. The van der Waals surface area contributed by atoms with Crippen LogP contribution >= 0.6 is 0 Å². The van der Waals surface area contributed by atoms with Crippen molar-refractivity contribution in [3.63, 3.8) is 0 Å². The molecule has 7 heteroatoms. The lowest BCUT2D eigenvalue weighted by Gasteiger charge is -2.25. The summed E-state index contributed by atoms with van der Waals surface area (Å²) in [6.07, 6.45) is 2.34. The second-order valence-electron chi connectivity index (χ2n) is 4.61. The van der Waals surface area contributed by atoms with Crippen molar-refractivity contribution in [1.29, 1.82) is 0 Å². The maximum Gasteiger partial charge on any atom is 0.337 e. The van der Waals surface area contributed by atoms with Gasteiger partial charge < -0.3 is 5.11 Å². The van der Waals surface area contributed by atoms with E-state index in [1.165, 1.54) is 0 Å². The zero-order valence-electron chi connectivity index (χ0n) is 10.8. The number of halogens is 1. The number of sulfonamides is 1. The Bertz CT molecular complexity index is 682. The Balaban J connectivity index is 2.49. The van der Waals surface area contributed by atoms with Crippen molar-refractivity contribution in [3.05, 3.63) is 41.2 Å². The van der Waals surface area contributed by atoms with Crippen molar-refractivity contribution in [2.24, 2.45) is 0 Å². The summed E-state index contributed by atoms with van der Waals surface area (Å²) in [6, 6.07) is 2.66. The van der Waals surface area contributed by atoms with Crippen LogP contribution in [0.25, 0.3) is 0 Å². The van der Waals surface area contributed by atoms with Crippen molar-refractivity contribution in [1.82, 2.24) is 4.31 Å². The molecule has 0 atom stereocenters. The highest BCUT2D eigenvalue weighted by Gasteiger charge is 2.30. The smallest absolute Gasteiger partial charge is 0.337 e. The second kappa shape index (κ2) is 5.34. The molecule has 1 N–H and O–H groups in total. The van der Waals surface area contributed by atoms with Crippen molar-refractivity contribution < 1.29 is 22.7 Å². The molecule has 0 radical (unpaired) electrons. The molecule has 108 valence electrons. The van der Waals surface area contributed by atoms with Crippen LogP contribution < -0.4 is 0 Å². The lowest BCUT2D eigenvalue weighted by Crippen LogP contribution is -2.35. The van der Waals surface area contributed by atoms with E-state index in [1.807, 2.05) is 6.92 Å². The molecule has 0 saturated heterocycles. The zero-order valence-corrected chi connectivity index (χ0v) is 11.7. The van der Waals surface area contributed by atoms with Crippen LogP contribution in [-0.4, -0.2) is 36.9 Å². The topological polar surface area (TPSA) is 74.7 Å². The van der Waals surface area contributed by atoms with Gasteiger partial charge >= 0.3 is 5.97 Å². The maximum atomic E-state index is 13.3. The first kappa shape index (κ1) is 14.7. The third kappa shape index (κ3) is 2.73. The molecule has 1 aromatic rings. The summed E-state index contributed by atoms with van der Waals surface area (Å²) in [5, 5.41) is 9.04. The molecule has 2 rings (SSSR count). The molecule has 0 amide bonds. The van der Waals surface area contributed by atoms with Crippen LogP contribution in [0.1, 0.15) is 23.7 Å². The zero-order chi connectivity index (χ0) is 14.9. The third-order valence-corrected chi connectivity index (χ3v) is 5.10. The van der Waals surface area contributed by atoms with Gasteiger partial charge in [-0.2, -0.15) is 4.31 Å². The van der Waals surface area contributed by atoms with Gasteiger partial charge in [0.25, 0.3) is 0 Å². The first-order valence-corrected chi connectivity index (χ1v) is 7.45. The van der Waals surface area contributed by atoms with Gasteiger partial charge in [-0.15, -0.1) is 0 Å². The minimum Gasteiger partial charge on any atom is -0.478 e. The quantitative estimate of drug-likeness (QED) is 0.865. The Labute approximate surface area is 116 Å². The molecule has 0 unspecified atom stereocenters. The number of hydrogen-bond acceptors (Lipinski definition) is 3. The molecular formula is C13H14FNO4S. The summed E-state index contributed by atoms with van der Waals surface area (Å²) < 4.78 is 39.3. The lowest BCUT2D eigenvalue weighted by atomic mass is 10.1. The number of nitrogens with zero attached hydrogens (tertiary/aromatic N) is 1. The van der Waals surface area contributed by atoms with E-state index in [1.54, 1.807) is 6.08 Å². The van der Waals surface area contributed by atoms with Gasteiger partial charge in [0, 0.05) is 13.1 Å². The summed E-state index contributed by atoms with van der Waals surface area (Å²) in [5.41, 5.74) is 0.659. The van der Waals surface area contributed by atoms with Crippen LogP contribution in [-0.2, 0) is 10.0 Å². The number of hydrogen-bond donors (Lipinski definition) is 1. The molecule has 20 heavy (non-hydrogen) atoms. The predicted molar refractivity (Wildman–Crippen MR) is 70.5 cm³/mol. The van der Waals surface area contributed by atoms with E-state index in [0.717, 1.165) is 28.1 Å². The first-order chi connectivity index (χ1) is 9.32. The van der Waals surface area contributed by atoms with Crippen molar-refractivity contribution in [2.75, 3.05) is 13.1 Å². The van der Waals surface area contributed by atoms with Gasteiger partial charge in [-0.25, -0.2) is 17.6 Å². The molecule has 5 nitrogen and oxygen atoms in total. The maximum absolute atomic E-state index is 13.3. The van der Waals surface area contributed by atoms with Gasteiger partial charge in [-0.1, -0.05) is 11.6 Å². The van der Waals surface area contributed by atoms with Crippen molar-refractivity contribution >= 4 is 16.0 Å². The van der Waals surface area contributed by atoms with Gasteiger partial charge in [-0.05, 0) is 31.5 Å². The Morgan fingerprint density at radius 2 is 2.10 bits per heavy atom. The monoisotopic (exact) mass is 299 g/mol. The van der Waals surface area contributed by atoms with E-state index >= 15 is 0 Å². The molecule has 1 aliphatic rings. The molecule has 0 bridgehead atoms. The fraction of sp³-hybridized carbons (Fsp3) is 0.308. The highest BCUT2D eigenvalue weighted by atomic mass is 32.2. The van der Waals surface area contributed by atoms with Gasteiger partial charge in [-0.3, -0.25) is 0 Å². The van der Waals surface area contributed by atoms with E-state index in [9.17, 15) is 17.6 Å². The molecule has 0 fully saturated rings. The molecule has 0 saturated carbocycles. The fourth-order valence-corrected chi connectivity index (χ4v) is 3.57. The average Bonchev–Trinajstić information content (AvgIpc) is 2.38. The van der Waals surface area contributed by atoms with E-state index in [0.29, 0.717) is 6.42 Å². The van der Waals surface area contributed by atoms with Crippen molar-refractivity contribution in [3.8, 4) is 0 Å². The Hall–Kier alpha value is -1.73. The summed E-state index contributed by atoms with van der Waals surface area (Å²) >= 11 is 0. The average molecular weight is 299 g/mol. The number of aromatic carboxylic acids is 1. The number of benzene rings is 1.